The van der Waals surface area contributed by atoms with Gasteiger partial charge in [0.2, 0.25) is 5.69 Å². The van der Waals surface area contributed by atoms with Crippen molar-refractivity contribution < 1.29 is 9.90 Å². The first-order chi connectivity index (χ1) is 12.1. The summed E-state index contributed by atoms with van der Waals surface area (Å²) in [6, 6.07) is 15.8. The van der Waals surface area contributed by atoms with Gasteiger partial charge in [0.05, 0.1) is 6.57 Å². The van der Waals surface area contributed by atoms with Crippen LogP contribution in [-0.2, 0) is 7.05 Å². The SMILES string of the molecule is [C-]#[N+]c1cn(C)c(C(=O)O)c1-c1ccc(-c2ccccc2SC)cc1. The Bertz CT molecular complexity index is 982. The topological polar surface area (TPSA) is 46.6 Å². The van der Waals surface area contributed by atoms with Crippen molar-refractivity contribution in [3.05, 3.63) is 71.8 Å². The normalized spacial score (nSPS) is 10.4. The summed E-state index contributed by atoms with van der Waals surface area (Å²) in [5.74, 6) is -1.04. The average Bonchev–Trinajstić information content (AvgIpc) is 2.98. The van der Waals surface area contributed by atoms with E-state index < -0.39 is 5.97 Å². The van der Waals surface area contributed by atoms with E-state index in [1.54, 1.807) is 25.0 Å². The van der Waals surface area contributed by atoms with Crippen LogP contribution in [0, 0.1) is 6.57 Å². The second-order valence-corrected chi connectivity index (χ2v) is 6.39. The maximum Gasteiger partial charge on any atom is 0.351 e. The molecule has 0 radical (unpaired) electrons. The molecular weight excluding hydrogens is 332 g/mol. The third kappa shape index (κ3) is 3.04. The number of carboxylic acids is 1. The summed E-state index contributed by atoms with van der Waals surface area (Å²) in [6.07, 6.45) is 3.60. The summed E-state index contributed by atoms with van der Waals surface area (Å²) < 4.78 is 1.49. The number of rotatable bonds is 4. The minimum atomic E-state index is -1.04. The van der Waals surface area contributed by atoms with E-state index in [9.17, 15) is 9.90 Å². The van der Waals surface area contributed by atoms with Crippen LogP contribution in [0.15, 0.2) is 59.6 Å². The van der Waals surface area contributed by atoms with E-state index >= 15 is 0 Å². The maximum atomic E-state index is 11.6. The van der Waals surface area contributed by atoms with Gasteiger partial charge in [-0.1, -0.05) is 42.5 Å². The Labute approximate surface area is 150 Å². The highest BCUT2D eigenvalue weighted by Gasteiger charge is 2.21. The third-order valence-electron chi connectivity index (χ3n) is 4.08. The van der Waals surface area contributed by atoms with Gasteiger partial charge >= 0.3 is 5.97 Å². The molecule has 1 N–H and O–H groups in total. The number of aromatic nitrogens is 1. The van der Waals surface area contributed by atoms with Crippen molar-refractivity contribution in [1.82, 2.24) is 4.57 Å². The zero-order chi connectivity index (χ0) is 18.0. The molecule has 0 fully saturated rings. The van der Waals surface area contributed by atoms with Gasteiger partial charge in [0.1, 0.15) is 5.69 Å². The molecule has 3 aromatic rings. The second kappa shape index (κ2) is 6.88. The molecule has 2 aromatic carbocycles. The minimum Gasteiger partial charge on any atom is -0.477 e. The van der Waals surface area contributed by atoms with Gasteiger partial charge in [-0.15, -0.1) is 11.8 Å². The second-order valence-electron chi connectivity index (χ2n) is 5.54. The van der Waals surface area contributed by atoms with Crippen molar-refractivity contribution >= 4 is 23.4 Å². The van der Waals surface area contributed by atoms with Crippen LogP contribution >= 0.6 is 11.8 Å². The quantitative estimate of drug-likeness (QED) is 0.512. The largest absolute Gasteiger partial charge is 0.477 e. The van der Waals surface area contributed by atoms with E-state index in [0.717, 1.165) is 16.7 Å². The molecular formula is C20H16N2O2S. The minimum absolute atomic E-state index is 0.128. The van der Waals surface area contributed by atoms with Crippen LogP contribution in [0.2, 0.25) is 0 Å². The fraction of sp³-hybridized carbons (Fsp3) is 0.100. The van der Waals surface area contributed by atoms with Gasteiger partial charge < -0.3 is 9.67 Å². The highest BCUT2D eigenvalue weighted by molar-refractivity contribution is 7.98. The molecule has 25 heavy (non-hydrogen) atoms. The first kappa shape index (κ1) is 16.9. The monoisotopic (exact) mass is 348 g/mol. The van der Waals surface area contributed by atoms with Crippen molar-refractivity contribution in [3.8, 4) is 22.3 Å². The Morgan fingerprint density at radius 3 is 2.36 bits per heavy atom. The van der Waals surface area contributed by atoms with Gasteiger partial charge in [0.15, 0.2) is 0 Å². The molecule has 1 heterocycles. The van der Waals surface area contributed by atoms with Gasteiger partial charge in [-0.25, -0.2) is 9.64 Å². The van der Waals surface area contributed by atoms with Gasteiger partial charge in [-0.2, -0.15) is 0 Å². The zero-order valence-electron chi connectivity index (χ0n) is 13.9. The van der Waals surface area contributed by atoms with Crippen molar-refractivity contribution in [2.75, 3.05) is 6.26 Å². The number of nitrogens with zero attached hydrogens (tertiary/aromatic N) is 2. The molecule has 0 bridgehead atoms. The molecule has 0 spiro atoms. The molecule has 0 aliphatic carbocycles. The summed E-state index contributed by atoms with van der Waals surface area (Å²) >= 11 is 1.69. The summed E-state index contributed by atoms with van der Waals surface area (Å²) in [7, 11) is 1.64. The number of benzene rings is 2. The van der Waals surface area contributed by atoms with E-state index in [1.165, 1.54) is 9.46 Å². The molecule has 0 atom stereocenters. The number of hydrogen-bond donors (Lipinski definition) is 1. The van der Waals surface area contributed by atoms with Gasteiger partial charge in [-0.05, 0) is 29.0 Å². The van der Waals surface area contributed by atoms with Gasteiger partial charge in [0.25, 0.3) is 0 Å². The van der Waals surface area contributed by atoms with Crippen LogP contribution in [0.1, 0.15) is 10.5 Å². The number of carbonyl (C=O) groups is 1. The van der Waals surface area contributed by atoms with Crippen molar-refractivity contribution in [2.24, 2.45) is 7.05 Å². The summed E-state index contributed by atoms with van der Waals surface area (Å²) in [5.41, 5.74) is 3.87. The lowest BCUT2D eigenvalue weighted by atomic mass is 9.99. The fourth-order valence-corrected chi connectivity index (χ4v) is 3.56. The Kier molecular flexibility index (Phi) is 4.64. The summed E-state index contributed by atoms with van der Waals surface area (Å²) in [6.45, 7) is 7.33. The Hall–Kier alpha value is -2.97. The number of thioether (sulfide) groups is 1. The Balaban J connectivity index is 2.11. The standard InChI is InChI=1S/C20H16N2O2S/c1-21-16-12-22(2)19(20(23)24)18(16)14-10-8-13(9-11-14)15-6-4-5-7-17(15)25-3/h4-12H,2-3H3,(H,23,24). The number of aryl methyl sites for hydroxylation is 1. The van der Waals surface area contributed by atoms with E-state index in [2.05, 4.69) is 17.0 Å². The molecule has 124 valence electrons. The molecule has 0 amide bonds. The number of carboxylic acid groups (broad SMARTS) is 1. The molecule has 0 aliphatic heterocycles. The zero-order valence-corrected chi connectivity index (χ0v) is 14.7. The highest BCUT2D eigenvalue weighted by Crippen LogP contribution is 2.37. The van der Waals surface area contributed by atoms with Crippen molar-refractivity contribution in [1.29, 1.82) is 0 Å². The van der Waals surface area contributed by atoms with E-state index in [4.69, 9.17) is 6.57 Å². The third-order valence-corrected chi connectivity index (χ3v) is 4.87. The van der Waals surface area contributed by atoms with Gasteiger partial charge in [-0.3, -0.25) is 0 Å². The van der Waals surface area contributed by atoms with Crippen molar-refractivity contribution in [2.45, 2.75) is 4.90 Å². The van der Waals surface area contributed by atoms with Crippen LogP contribution in [-0.4, -0.2) is 21.9 Å². The summed E-state index contributed by atoms with van der Waals surface area (Å²) in [5, 5.41) is 9.49. The predicted molar refractivity (Wildman–Crippen MR) is 101 cm³/mol. The van der Waals surface area contributed by atoms with Crippen LogP contribution in [0.25, 0.3) is 27.1 Å². The number of hydrogen-bond acceptors (Lipinski definition) is 2. The fourth-order valence-electron chi connectivity index (χ4n) is 2.94. The molecule has 0 unspecified atom stereocenters. The van der Waals surface area contributed by atoms with Crippen LogP contribution in [0.3, 0.4) is 0 Å². The first-order valence-corrected chi connectivity index (χ1v) is 8.83. The molecule has 0 aliphatic rings. The molecule has 5 heteroatoms. The first-order valence-electron chi connectivity index (χ1n) is 7.60. The van der Waals surface area contributed by atoms with Crippen molar-refractivity contribution in [3.63, 3.8) is 0 Å². The molecule has 0 saturated heterocycles. The highest BCUT2D eigenvalue weighted by atomic mass is 32.2. The van der Waals surface area contributed by atoms with Crippen LogP contribution in [0.5, 0.6) is 0 Å². The van der Waals surface area contributed by atoms with Crippen LogP contribution in [0.4, 0.5) is 5.69 Å². The van der Waals surface area contributed by atoms with E-state index in [1.807, 2.05) is 42.7 Å². The van der Waals surface area contributed by atoms with Crippen LogP contribution < -0.4 is 0 Å². The molecule has 4 nitrogen and oxygen atoms in total. The van der Waals surface area contributed by atoms with E-state index in [0.29, 0.717) is 11.3 Å². The average molecular weight is 348 g/mol. The summed E-state index contributed by atoms with van der Waals surface area (Å²) in [4.78, 5) is 16.3. The smallest absolute Gasteiger partial charge is 0.351 e. The molecule has 1 aromatic heterocycles. The molecule has 0 saturated carbocycles. The van der Waals surface area contributed by atoms with Gasteiger partial charge in [0, 0.05) is 23.7 Å². The maximum absolute atomic E-state index is 11.6. The lowest BCUT2D eigenvalue weighted by Gasteiger charge is -2.09. The lowest BCUT2D eigenvalue weighted by molar-refractivity contribution is 0.0687. The molecule has 3 rings (SSSR count). The predicted octanol–water partition coefficient (Wildman–Crippen LogP) is 5.33. The number of aromatic carboxylic acids is 1. The Morgan fingerprint density at radius 2 is 1.76 bits per heavy atom. The lowest BCUT2D eigenvalue weighted by Crippen LogP contribution is -2.05. The Morgan fingerprint density at radius 1 is 1.12 bits per heavy atom. The van der Waals surface area contributed by atoms with E-state index in [-0.39, 0.29) is 5.69 Å².